The van der Waals surface area contributed by atoms with Crippen LogP contribution < -0.4 is 0 Å². The molecule has 0 aliphatic carbocycles. The summed E-state index contributed by atoms with van der Waals surface area (Å²) in [5, 5.41) is 19.8. The summed E-state index contributed by atoms with van der Waals surface area (Å²) < 4.78 is 1.60. The Morgan fingerprint density at radius 1 is 1.57 bits per heavy atom. The molecule has 1 aliphatic rings. The molecule has 21 heavy (non-hydrogen) atoms. The van der Waals surface area contributed by atoms with E-state index in [0.717, 1.165) is 25.9 Å². The van der Waals surface area contributed by atoms with E-state index in [-0.39, 0.29) is 18.2 Å². The normalized spacial score (nSPS) is 19.6. The van der Waals surface area contributed by atoms with Crippen LogP contribution in [-0.4, -0.2) is 50.1 Å². The monoisotopic (exact) mass is 296 g/mol. The summed E-state index contributed by atoms with van der Waals surface area (Å²) in [7, 11) is 0. The van der Waals surface area contributed by atoms with E-state index in [1.165, 1.54) is 6.20 Å². The van der Waals surface area contributed by atoms with Crippen molar-refractivity contribution in [2.45, 2.75) is 32.7 Å². The van der Waals surface area contributed by atoms with Crippen LogP contribution in [0.25, 0.3) is 0 Å². The van der Waals surface area contributed by atoms with Crippen LogP contribution in [0.2, 0.25) is 0 Å². The van der Waals surface area contributed by atoms with Crippen LogP contribution in [0.3, 0.4) is 0 Å². The van der Waals surface area contributed by atoms with Crippen LogP contribution in [-0.2, 0) is 11.3 Å². The second-order valence-electron chi connectivity index (χ2n) is 5.48. The Bertz CT molecular complexity index is 528. The Hall–Kier alpha value is -1.96. The number of rotatable bonds is 6. The summed E-state index contributed by atoms with van der Waals surface area (Å²) in [6.45, 7) is 4.58. The molecule has 0 spiro atoms. The lowest BCUT2D eigenvalue weighted by molar-refractivity contribution is -0.392. The predicted molar refractivity (Wildman–Crippen MR) is 75.0 cm³/mol. The van der Waals surface area contributed by atoms with Gasteiger partial charge in [-0.15, -0.1) is 0 Å². The van der Waals surface area contributed by atoms with Crippen molar-refractivity contribution < 1.29 is 14.8 Å². The quantitative estimate of drug-likeness (QED) is 0.627. The van der Waals surface area contributed by atoms with Gasteiger partial charge in [-0.05, 0) is 30.2 Å². The molecule has 1 N–H and O–H groups in total. The number of nitro groups is 1. The number of carbonyl (C=O) groups is 1. The summed E-state index contributed by atoms with van der Waals surface area (Å²) in [6.07, 6.45) is 3.38. The van der Waals surface area contributed by atoms with Gasteiger partial charge < -0.3 is 15.2 Å². The number of likely N-dealkylation sites (tertiary alicyclic amines) is 1. The summed E-state index contributed by atoms with van der Waals surface area (Å²) in [5.41, 5.74) is 0. The molecule has 1 fully saturated rings. The molecule has 1 aliphatic heterocycles. The maximum Gasteiger partial charge on any atom is 0.342 e. The van der Waals surface area contributed by atoms with Crippen LogP contribution in [0.1, 0.15) is 25.1 Å². The standard InChI is InChI=1S/C13H20N4O4/c1-10-14-8-12(17(20)21)16(10)6-5-15-4-2-3-11(9-15)7-13(18)19/h8,11H,2-7,9H2,1H3,(H,18,19). The minimum absolute atomic E-state index is 0.00611. The van der Waals surface area contributed by atoms with E-state index in [2.05, 4.69) is 9.88 Å². The van der Waals surface area contributed by atoms with Gasteiger partial charge in [0.2, 0.25) is 0 Å². The van der Waals surface area contributed by atoms with Gasteiger partial charge in [-0.25, -0.2) is 9.55 Å². The van der Waals surface area contributed by atoms with Gasteiger partial charge in [0, 0.05) is 26.4 Å². The zero-order valence-corrected chi connectivity index (χ0v) is 12.1. The third-order valence-electron chi connectivity index (χ3n) is 3.93. The van der Waals surface area contributed by atoms with E-state index in [4.69, 9.17) is 5.11 Å². The average molecular weight is 296 g/mol. The summed E-state index contributed by atoms with van der Waals surface area (Å²) in [6, 6.07) is 0. The van der Waals surface area contributed by atoms with E-state index in [9.17, 15) is 14.9 Å². The molecule has 0 saturated carbocycles. The van der Waals surface area contributed by atoms with Gasteiger partial charge in [0.1, 0.15) is 12.7 Å². The minimum Gasteiger partial charge on any atom is -0.481 e. The first-order valence-corrected chi connectivity index (χ1v) is 7.08. The Balaban J connectivity index is 1.92. The Kier molecular flexibility index (Phi) is 4.89. The molecular formula is C13H20N4O4. The molecule has 0 aromatic carbocycles. The summed E-state index contributed by atoms with van der Waals surface area (Å²) in [5.74, 6) is 0.0467. The number of aryl methyl sites for hydroxylation is 1. The molecule has 116 valence electrons. The average Bonchev–Trinajstić information content (AvgIpc) is 2.77. The minimum atomic E-state index is -0.761. The highest BCUT2D eigenvalue weighted by Crippen LogP contribution is 2.20. The number of carboxylic acid groups (broad SMARTS) is 1. The smallest absolute Gasteiger partial charge is 0.342 e. The van der Waals surface area contributed by atoms with Crippen LogP contribution in [0.4, 0.5) is 5.82 Å². The zero-order chi connectivity index (χ0) is 15.4. The maximum absolute atomic E-state index is 10.9. The van der Waals surface area contributed by atoms with Crippen LogP contribution in [0.5, 0.6) is 0 Å². The van der Waals surface area contributed by atoms with Gasteiger partial charge in [-0.3, -0.25) is 9.69 Å². The molecule has 1 atom stereocenters. The molecule has 2 rings (SSSR count). The SMILES string of the molecule is Cc1ncc([N+](=O)[O-])n1CCN1CCCC(CC(=O)O)C1. The van der Waals surface area contributed by atoms with E-state index in [1.54, 1.807) is 11.5 Å². The summed E-state index contributed by atoms with van der Waals surface area (Å²) in [4.78, 5) is 27.4. The maximum atomic E-state index is 10.9. The molecular weight excluding hydrogens is 276 g/mol. The van der Waals surface area contributed by atoms with Crippen molar-refractivity contribution in [3.05, 3.63) is 22.1 Å². The van der Waals surface area contributed by atoms with E-state index in [0.29, 0.717) is 18.9 Å². The first-order chi connectivity index (χ1) is 9.97. The lowest BCUT2D eigenvalue weighted by Crippen LogP contribution is -2.38. The second-order valence-corrected chi connectivity index (χ2v) is 5.48. The fraction of sp³-hybridized carbons (Fsp3) is 0.692. The van der Waals surface area contributed by atoms with Crippen molar-refractivity contribution in [3.63, 3.8) is 0 Å². The highest BCUT2D eigenvalue weighted by Gasteiger charge is 2.23. The number of aliphatic carboxylic acids is 1. The largest absolute Gasteiger partial charge is 0.481 e. The van der Waals surface area contributed by atoms with Crippen LogP contribution in [0, 0.1) is 23.0 Å². The van der Waals surface area contributed by atoms with Gasteiger partial charge in [-0.1, -0.05) is 0 Å². The van der Waals surface area contributed by atoms with Gasteiger partial charge in [-0.2, -0.15) is 0 Å². The third kappa shape index (κ3) is 4.01. The van der Waals surface area contributed by atoms with Gasteiger partial charge in [0.15, 0.2) is 5.82 Å². The van der Waals surface area contributed by atoms with Crippen molar-refractivity contribution in [2.24, 2.45) is 5.92 Å². The highest BCUT2D eigenvalue weighted by molar-refractivity contribution is 5.67. The first-order valence-electron chi connectivity index (χ1n) is 7.08. The molecule has 2 heterocycles. The lowest BCUT2D eigenvalue weighted by atomic mass is 9.95. The van der Waals surface area contributed by atoms with Crippen molar-refractivity contribution in [1.82, 2.24) is 14.5 Å². The van der Waals surface area contributed by atoms with Crippen LogP contribution in [0.15, 0.2) is 6.20 Å². The number of hydrogen-bond acceptors (Lipinski definition) is 5. The van der Waals surface area contributed by atoms with Crippen molar-refractivity contribution in [2.75, 3.05) is 19.6 Å². The van der Waals surface area contributed by atoms with E-state index in [1.807, 2.05) is 0 Å². The molecule has 0 radical (unpaired) electrons. The molecule has 1 aromatic rings. The zero-order valence-electron chi connectivity index (χ0n) is 12.1. The Labute approximate surface area is 122 Å². The number of nitrogens with zero attached hydrogens (tertiary/aromatic N) is 4. The van der Waals surface area contributed by atoms with Gasteiger partial charge in [0.05, 0.1) is 0 Å². The predicted octanol–water partition coefficient (Wildman–Crippen LogP) is 1.29. The molecule has 8 nitrogen and oxygen atoms in total. The second kappa shape index (κ2) is 6.66. The topological polar surface area (TPSA) is 102 Å². The number of piperidine rings is 1. The third-order valence-corrected chi connectivity index (χ3v) is 3.93. The molecule has 8 heteroatoms. The van der Waals surface area contributed by atoms with Crippen molar-refractivity contribution in [1.29, 1.82) is 0 Å². The van der Waals surface area contributed by atoms with E-state index >= 15 is 0 Å². The number of carboxylic acids is 1. The van der Waals surface area contributed by atoms with Gasteiger partial charge in [0.25, 0.3) is 0 Å². The Morgan fingerprint density at radius 2 is 2.33 bits per heavy atom. The van der Waals surface area contributed by atoms with Gasteiger partial charge >= 0.3 is 11.8 Å². The van der Waals surface area contributed by atoms with E-state index < -0.39 is 10.9 Å². The Morgan fingerprint density at radius 3 is 3.00 bits per heavy atom. The molecule has 1 saturated heterocycles. The highest BCUT2D eigenvalue weighted by atomic mass is 16.6. The lowest BCUT2D eigenvalue weighted by Gasteiger charge is -2.31. The number of hydrogen-bond donors (Lipinski definition) is 1. The fourth-order valence-electron chi connectivity index (χ4n) is 2.89. The first kappa shape index (κ1) is 15.4. The summed E-state index contributed by atoms with van der Waals surface area (Å²) >= 11 is 0. The van der Waals surface area contributed by atoms with Crippen LogP contribution >= 0.6 is 0 Å². The van der Waals surface area contributed by atoms with Crippen molar-refractivity contribution >= 4 is 11.8 Å². The molecule has 0 bridgehead atoms. The number of imidazole rings is 1. The molecule has 1 aromatic heterocycles. The molecule has 1 unspecified atom stereocenters. The molecule has 0 amide bonds. The van der Waals surface area contributed by atoms with Crippen molar-refractivity contribution in [3.8, 4) is 0 Å². The fourth-order valence-corrected chi connectivity index (χ4v) is 2.89. The number of aromatic nitrogens is 2.